The van der Waals surface area contributed by atoms with Crippen molar-refractivity contribution in [3.05, 3.63) is 47.6 Å². The highest BCUT2D eigenvalue weighted by atomic mass is 14.8. The minimum Gasteiger partial charge on any atom is -0.262 e. The van der Waals surface area contributed by atoms with Crippen molar-refractivity contribution in [3.8, 4) is 0 Å². The standard InChI is InChI=1S/C17H20N2/c1-12(2)14-6-8-15(9-7-14)19-17-11-13(3)5-10-16(17)18-4/h5-8,10-12H,4,9H2,1-3H3. The lowest BCUT2D eigenvalue weighted by Gasteiger charge is -2.12. The number of allylic oxidation sites excluding steroid dienone is 4. The molecule has 0 radical (unpaired) electrons. The third-order valence-corrected chi connectivity index (χ3v) is 3.25. The van der Waals surface area contributed by atoms with Gasteiger partial charge in [0.1, 0.15) is 0 Å². The van der Waals surface area contributed by atoms with E-state index in [-0.39, 0.29) is 0 Å². The van der Waals surface area contributed by atoms with Gasteiger partial charge in [0.05, 0.1) is 11.4 Å². The summed E-state index contributed by atoms with van der Waals surface area (Å²) in [5, 5.41) is 0. The molecule has 0 saturated heterocycles. The van der Waals surface area contributed by atoms with E-state index in [2.05, 4.69) is 50.7 Å². The number of aliphatic imine (C=N–C) groups is 2. The predicted molar refractivity (Wildman–Crippen MR) is 84.2 cm³/mol. The monoisotopic (exact) mass is 252 g/mol. The van der Waals surface area contributed by atoms with Crippen LogP contribution in [0.4, 0.5) is 11.4 Å². The lowest BCUT2D eigenvalue weighted by atomic mass is 9.96. The predicted octanol–water partition coefficient (Wildman–Crippen LogP) is 4.94. The van der Waals surface area contributed by atoms with Crippen LogP contribution in [0.15, 0.2) is 52.0 Å². The molecule has 0 unspecified atom stereocenters. The normalized spacial score (nSPS) is 16.8. The molecule has 0 spiro atoms. The van der Waals surface area contributed by atoms with Gasteiger partial charge in [0.25, 0.3) is 0 Å². The number of hydrogen-bond donors (Lipinski definition) is 0. The Bertz CT molecular complexity index is 575. The molecule has 0 N–H and O–H groups in total. The molecule has 0 fully saturated rings. The molecule has 0 amide bonds. The lowest BCUT2D eigenvalue weighted by Crippen LogP contribution is -2.01. The SMILES string of the molecule is C=Nc1ccc(C)cc1N=C1C=CC(C(C)C)=CC1. The highest BCUT2D eigenvalue weighted by molar-refractivity contribution is 6.00. The molecule has 1 aromatic rings. The van der Waals surface area contributed by atoms with Crippen molar-refractivity contribution in [1.29, 1.82) is 0 Å². The fourth-order valence-electron chi connectivity index (χ4n) is 2.07. The summed E-state index contributed by atoms with van der Waals surface area (Å²) in [4.78, 5) is 8.72. The number of aryl methyl sites for hydroxylation is 1. The molecule has 0 aromatic heterocycles. The van der Waals surface area contributed by atoms with Gasteiger partial charge in [0, 0.05) is 12.1 Å². The van der Waals surface area contributed by atoms with Crippen LogP contribution in [0.5, 0.6) is 0 Å². The Morgan fingerprint density at radius 1 is 1.16 bits per heavy atom. The van der Waals surface area contributed by atoms with E-state index in [9.17, 15) is 0 Å². The first-order chi connectivity index (χ1) is 9.10. The van der Waals surface area contributed by atoms with Crippen molar-refractivity contribution < 1.29 is 0 Å². The summed E-state index contributed by atoms with van der Waals surface area (Å²) in [6.07, 6.45) is 7.39. The third-order valence-electron chi connectivity index (χ3n) is 3.25. The molecule has 98 valence electrons. The van der Waals surface area contributed by atoms with Gasteiger partial charge in [-0.25, -0.2) is 0 Å². The Kier molecular flexibility index (Phi) is 4.10. The van der Waals surface area contributed by atoms with E-state index in [1.165, 1.54) is 11.1 Å². The number of benzene rings is 1. The molecule has 1 aliphatic carbocycles. The molecule has 1 aliphatic rings. The highest BCUT2D eigenvalue weighted by Crippen LogP contribution is 2.29. The summed E-state index contributed by atoms with van der Waals surface area (Å²) in [6.45, 7) is 10.1. The Hall–Kier alpha value is -1.96. The summed E-state index contributed by atoms with van der Waals surface area (Å²) >= 11 is 0. The first-order valence-corrected chi connectivity index (χ1v) is 6.63. The smallest absolute Gasteiger partial charge is 0.0891 e. The van der Waals surface area contributed by atoms with Crippen molar-refractivity contribution in [2.45, 2.75) is 27.2 Å². The maximum atomic E-state index is 4.69. The maximum Gasteiger partial charge on any atom is 0.0891 e. The van der Waals surface area contributed by atoms with Gasteiger partial charge in [-0.1, -0.05) is 32.1 Å². The summed E-state index contributed by atoms with van der Waals surface area (Å²) in [7, 11) is 0. The quantitative estimate of drug-likeness (QED) is 0.680. The number of nitrogens with zero attached hydrogens (tertiary/aromatic N) is 2. The second-order valence-electron chi connectivity index (χ2n) is 5.15. The highest BCUT2D eigenvalue weighted by Gasteiger charge is 2.07. The van der Waals surface area contributed by atoms with E-state index >= 15 is 0 Å². The Labute approximate surface area is 115 Å². The molecule has 0 bridgehead atoms. The zero-order valence-electron chi connectivity index (χ0n) is 11.9. The van der Waals surface area contributed by atoms with Gasteiger partial charge < -0.3 is 0 Å². The molecule has 0 heterocycles. The minimum absolute atomic E-state index is 0.571. The van der Waals surface area contributed by atoms with Crippen molar-refractivity contribution in [2.75, 3.05) is 0 Å². The number of rotatable bonds is 3. The largest absolute Gasteiger partial charge is 0.262 e. The first kappa shape index (κ1) is 13.5. The molecule has 2 heteroatoms. The van der Waals surface area contributed by atoms with Crippen LogP contribution in [0.1, 0.15) is 25.8 Å². The van der Waals surface area contributed by atoms with Crippen LogP contribution in [0.3, 0.4) is 0 Å². The van der Waals surface area contributed by atoms with Crippen LogP contribution < -0.4 is 0 Å². The fraction of sp³-hybridized carbons (Fsp3) is 0.294. The van der Waals surface area contributed by atoms with E-state index in [1.54, 1.807) is 0 Å². The second-order valence-corrected chi connectivity index (χ2v) is 5.15. The third kappa shape index (κ3) is 3.28. The zero-order valence-corrected chi connectivity index (χ0v) is 11.9. The van der Waals surface area contributed by atoms with E-state index in [1.807, 2.05) is 18.2 Å². The Balaban J connectivity index is 2.27. The molecule has 0 atom stereocenters. The lowest BCUT2D eigenvalue weighted by molar-refractivity contribution is 0.786. The van der Waals surface area contributed by atoms with Crippen molar-refractivity contribution >= 4 is 23.8 Å². The summed E-state index contributed by atoms with van der Waals surface area (Å²) in [5.74, 6) is 0.571. The summed E-state index contributed by atoms with van der Waals surface area (Å²) in [5.41, 5.74) is 5.37. The fourth-order valence-corrected chi connectivity index (χ4v) is 2.07. The molecule has 2 nitrogen and oxygen atoms in total. The van der Waals surface area contributed by atoms with E-state index < -0.39 is 0 Å². The molecular formula is C17H20N2. The van der Waals surface area contributed by atoms with E-state index in [4.69, 9.17) is 4.99 Å². The van der Waals surface area contributed by atoms with Crippen LogP contribution in [-0.4, -0.2) is 12.4 Å². The van der Waals surface area contributed by atoms with Gasteiger partial charge in [-0.15, -0.1) is 0 Å². The zero-order chi connectivity index (χ0) is 13.8. The van der Waals surface area contributed by atoms with Crippen LogP contribution in [0.2, 0.25) is 0 Å². The Morgan fingerprint density at radius 2 is 1.95 bits per heavy atom. The van der Waals surface area contributed by atoms with Crippen LogP contribution in [0.25, 0.3) is 0 Å². The first-order valence-electron chi connectivity index (χ1n) is 6.63. The minimum atomic E-state index is 0.571. The molecule has 19 heavy (non-hydrogen) atoms. The van der Waals surface area contributed by atoms with E-state index in [0.29, 0.717) is 5.92 Å². The topological polar surface area (TPSA) is 24.7 Å². The summed E-state index contributed by atoms with van der Waals surface area (Å²) in [6, 6.07) is 6.04. The maximum absolute atomic E-state index is 4.69. The van der Waals surface area contributed by atoms with E-state index in [0.717, 1.165) is 23.5 Å². The van der Waals surface area contributed by atoms with Gasteiger partial charge in [0.2, 0.25) is 0 Å². The van der Waals surface area contributed by atoms with Crippen LogP contribution in [0, 0.1) is 12.8 Å². The van der Waals surface area contributed by atoms with Gasteiger partial charge in [-0.2, -0.15) is 0 Å². The van der Waals surface area contributed by atoms with Crippen LogP contribution >= 0.6 is 0 Å². The van der Waals surface area contributed by atoms with Gasteiger partial charge in [-0.3, -0.25) is 9.98 Å². The molecule has 2 rings (SSSR count). The second kappa shape index (κ2) is 5.79. The average Bonchev–Trinajstić information content (AvgIpc) is 2.39. The van der Waals surface area contributed by atoms with Crippen LogP contribution in [-0.2, 0) is 0 Å². The van der Waals surface area contributed by atoms with Crippen molar-refractivity contribution in [1.82, 2.24) is 0 Å². The molecular weight excluding hydrogens is 232 g/mol. The molecule has 0 aliphatic heterocycles. The van der Waals surface area contributed by atoms with Crippen molar-refractivity contribution in [3.63, 3.8) is 0 Å². The van der Waals surface area contributed by atoms with Gasteiger partial charge in [-0.05, 0) is 48.9 Å². The average molecular weight is 252 g/mol. The number of hydrogen-bond acceptors (Lipinski definition) is 2. The molecule has 1 aromatic carbocycles. The summed E-state index contributed by atoms with van der Waals surface area (Å²) < 4.78 is 0. The van der Waals surface area contributed by atoms with Gasteiger partial charge >= 0.3 is 0 Å². The Morgan fingerprint density at radius 3 is 2.53 bits per heavy atom. The van der Waals surface area contributed by atoms with Gasteiger partial charge in [0.15, 0.2) is 0 Å². The molecule has 0 saturated carbocycles. The van der Waals surface area contributed by atoms with Crippen molar-refractivity contribution in [2.24, 2.45) is 15.9 Å².